The number of nitrogens with zero attached hydrogens (tertiary/aromatic N) is 1. The largest absolute Gasteiger partial charge is 0.499 e. The van der Waals surface area contributed by atoms with Gasteiger partial charge in [0.15, 0.2) is 16.6 Å². The monoisotopic (exact) mass is 365 g/mol. The van der Waals surface area contributed by atoms with E-state index in [1.807, 2.05) is 0 Å². The van der Waals surface area contributed by atoms with E-state index in [4.69, 9.17) is 4.74 Å². The van der Waals surface area contributed by atoms with Crippen molar-refractivity contribution in [2.75, 3.05) is 7.11 Å². The molecule has 0 bridgehead atoms. The Morgan fingerprint density at radius 3 is 2.76 bits per heavy atom. The predicted molar refractivity (Wildman–Crippen MR) is 88.7 cm³/mol. The average molecular weight is 365 g/mol. The number of ether oxygens (including phenoxy) is 1. The molecule has 1 aromatic heterocycles. The molecule has 2 heterocycles. The number of halogens is 1. The lowest BCUT2D eigenvalue weighted by atomic mass is 9.91. The van der Waals surface area contributed by atoms with Gasteiger partial charge in [-0.2, -0.15) is 0 Å². The number of aromatic hydroxyl groups is 1. The zero-order valence-electron chi connectivity index (χ0n) is 13.6. The molecule has 1 atom stereocenters. The molecule has 1 aliphatic heterocycles. The number of carbonyl (C=O) groups excluding carboxylic acids is 1. The van der Waals surface area contributed by atoms with Crippen molar-refractivity contribution >= 4 is 23.2 Å². The maximum Gasteiger partial charge on any atom is 0.307 e. The molecule has 0 saturated heterocycles. The molecule has 25 heavy (non-hydrogen) atoms. The summed E-state index contributed by atoms with van der Waals surface area (Å²) in [7, 11) is 1.34. The van der Waals surface area contributed by atoms with Crippen molar-refractivity contribution in [1.82, 2.24) is 4.90 Å². The van der Waals surface area contributed by atoms with Crippen LogP contribution in [0.2, 0.25) is 0 Å². The Hall–Kier alpha value is -2.61. The SMILES string of the molecule is COC1=CCC2C(=C1F)C(CC(=O)O)=C(C)N2C(=O)c1csc(O)c1. The summed E-state index contributed by atoms with van der Waals surface area (Å²) in [5.41, 5.74) is 1.15. The van der Waals surface area contributed by atoms with Crippen molar-refractivity contribution in [2.24, 2.45) is 0 Å². The number of amides is 1. The topological polar surface area (TPSA) is 87.1 Å². The molecule has 0 aromatic carbocycles. The fourth-order valence-electron chi connectivity index (χ4n) is 3.26. The van der Waals surface area contributed by atoms with Gasteiger partial charge in [-0.05, 0) is 25.0 Å². The second-order valence-corrected chi connectivity index (χ2v) is 6.62. The summed E-state index contributed by atoms with van der Waals surface area (Å²) in [6.07, 6.45) is 1.47. The van der Waals surface area contributed by atoms with Crippen LogP contribution in [0, 0.1) is 0 Å². The number of rotatable bonds is 4. The summed E-state index contributed by atoms with van der Waals surface area (Å²) >= 11 is 1.02. The van der Waals surface area contributed by atoms with Crippen molar-refractivity contribution < 1.29 is 28.9 Å². The van der Waals surface area contributed by atoms with E-state index in [0.29, 0.717) is 12.1 Å². The molecule has 1 aliphatic carbocycles. The van der Waals surface area contributed by atoms with Crippen molar-refractivity contribution in [2.45, 2.75) is 25.8 Å². The highest BCUT2D eigenvalue weighted by atomic mass is 32.1. The summed E-state index contributed by atoms with van der Waals surface area (Å²) in [4.78, 5) is 25.5. The first-order valence-electron chi connectivity index (χ1n) is 7.52. The first-order valence-corrected chi connectivity index (χ1v) is 8.40. The van der Waals surface area contributed by atoms with E-state index in [-0.39, 0.29) is 34.0 Å². The van der Waals surface area contributed by atoms with Gasteiger partial charge < -0.3 is 19.8 Å². The van der Waals surface area contributed by atoms with Crippen molar-refractivity contribution in [1.29, 1.82) is 0 Å². The number of thiophene rings is 1. The molecule has 0 fully saturated rings. The number of allylic oxidation sites excluding steroid dienone is 2. The number of aliphatic carboxylic acids is 1. The van der Waals surface area contributed by atoms with Crippen LogP contribution in [0.25, 0.3) is 0 Å². The molecular formula is C17H16FNO5S. The number of carboxylic acids is 1. The van der Waals surface area contributed by atoms with Crippen LogP contribution < -0.4 is 0 Å². The van der Waals surface area contributed by atoms with E-state index in [0.717, 1.165) is 11.3 Å². The van der Waals surface area contributed by atoms with Crippen LogP contribution in [0.4, 0.5) is 4.39 Å². The van der Waals surface area contributed by atoms with Gasteiger partial charge in [-0.25, -0.2) is 4.39 Å². The number of carbonyl (C=O) groups is 2. The maximum atomic E-state index is 14.8. The summed E-state index contributed by atoms with van der Waals surface area (Å²) in [6, 6.07) is 0.719. The first-order chi connectivity index (χ1) is 11.8. The minimum Gasteiger partial charge on any atom is -0.499 e. The molecule has 0 saturated carbocycles. The Bertz CT molecular complexity index is 851. The molecule has 3 rings (SSSR count). The minimum absolute atomic E-state index is 0.00194. The van der Waals surface area contributed by atoms with Gasteiger partial charge in [-0.1, -0.05) is 0 Å². The third kappa shape index (κ3) is 2.82. The van der Waals surface area contributed by atoms with E-state index in [1.54, 1.807) is 13.0 Å². The smallest absolute Gasteiger partial charge is 0.307 e. The van der Waals surface area contributed by atoms with E-state index >= 15 is 0 Å². The minimum atomic E-state index is -1.11. The lowest BCUT2D eigenvalue weighted by Crippen LogP contribution is -2.36. The highest BCUT2D eigenvalue weighted by molar-refractivity contribution is 7.12. The first kappa shape index (κ1) is 17.2. The predicted octanol–water partition coefficient (Wildman–Crippen LogP) is 3.18. The number of hydrogen-bond acceptors (Lipinski definition) is 5. The number of hydrogen-bond donors (Lipinski definition) is 2. The van der Waals surface area contributed by atoms with Gasteiger partial charge in [0.25, 0.3) is 5.91 Å². The molecular weight excluding hydrogens is 349 g/mol. The van der Waals surface area contributed by atoms with E-state index < -0.39 is 23.7 Å². The van der Waals surface area contributed by atoms with Crippen LogP contribution in [0.3, 0.4) is 0 Å². The van der Waals surface area contributed by atoms with Crippen LogP contribution >= 0.6 is 11.3 Å². The Kier molecular flexibility index (Phi) is 4.38. The summed E-state index contributed by atoms with van der Waals surface area (Å²) in [5, 5.41) is 20.2. The normalized spacial score (nSPS) is 19.9. The molecule has 6 nitrogen and oxygen atoms in total. The second-order valence-electron chi connectivity index (χ2n) is 5.73. The van der Waals surface area contributed by atoms with E-state index in [9.17, 15) is 24.2 Å². The average Bonchev–Trinajstić information content (AvgIpc) is 3.10. The standard InChI is InChI=1S/C17H16FNO5S/c1-8-10(6-13(20)21)15-11(3-4-12(24-2)16(15)18)19(8)17(23)9-5-14(22)25-7-9/h4-5,7,11,22H,3,6H2,1-2H3,(H,20,21). The quantitative estimate of drug-likeness (QED) is 0.856. The molecule has 8 heteroatoms. The van der Waals surface area contributed by atoms with Crippen LogP contribution in [0.1, 0.15) is 30.1 Å². The Balaban J connectivity index is 2.09. The summed E-state index contributed by atoms with van der Waals surface area (Å²) in [6.45, 7) is 1.60. The van der Waals surface area contributed by atoms with Gasteiger partial charge in [0, 0.05) is 22.7 Å². The van der Waals surface area contributed by atoms with Crippen LogP contribution in [-0.4, -0.2) is 40.1 Å². The molecule has 2 aliphatic rings. The number of methoxy groups -OCH3 is 1. The third-order valence-electron chi connectivity index (χ3n) is 4.35. The number of carboxylic acid groups (broad SMARTS) is 1. The van der Waals surface area contributed by atoms with Crippen LogP contribution in [0.5, 0.6) is 5.06 Å². The van der Waals surface area contributed by atoms with Gasteiger partial charge in [-0.15, -0.1) is 11.3 Å². The van der Waals surface area contributed by atoms with Crippen LogP contribution in [0.15, 0.2) is 46.0 Å². The maximum absolute atomic E-state index is 14.8. The highest BCUT2D eigenvalue weighted by Gasteiger charge is 2.43. The van der Waals surface area contributed by atoms with E-state index in [1.165, 1.54) is 23.5 Å². The summed E-state index contributed by atoms with van der Waals surface area (Å²) in [5.74, 6) is -2.11. The fraction of sp³-hybridized carbons (Fsp3) is 0.294. The van der Waals surface area contributed by atoms with Crippen molar-refractivity contribution in [3.05, 3.63) is 51.5 Å². The molecule has 0 spiro atoms. The molecule has 1 unspecified atom stereocenters. The van der Waals surface area contributed by atoms with Gasteiger partial charge in [-0.3, -0.25) is 9.59 Å². The molecule has 1 aromatic rings. The van der Waals surface area contributed by atoms with Crippen LogP contribution in [-0.2, 0) is 9.53 Å². The second kappa shape index (κ2) is 6.36. The van der Waals surface area contributed by atoms with Gasteiger partial charge in [0.2, 0.25) is 0 Å². The Morgan fingerprint density at radius 1 is 1.48 bits per heavy atom. The lowest BCUT2D eigenvalue weighted by Gasteiger charge is -2.28. The van der Waals surface area contributed by atoms with Crippen molar-refractivity contribution in [3.8, 4) is 5.06 Å². The summed E-state index contributed by atoms with van der Waals surface area (Å²) < 4.78 is 19.8. The molecule has 1 amide bonds. The Morgan fingerprint density at radius 2 is 2.20 bits per heavy atom. The Labute approximate surface area is 147 Å². The third-order valence-corrected chi connectivity index (χ3v) is 5.08. The fourth-order valence-corrected chi connectivity index (χ4v) is 3.88. The number of fused-ring (bicyclic) bond motifs is 1. The highest BCUT2D eigenvalue weighted by Crippen LogP contribution is 2.44. The zero-order chi connectivity index (χ0) is 18.3. The van der Waals surface area contributed by atoms with Gasteiger partial charge in [0.05, 0.1) is 25.1 Å². The van der Waals surface area contributed by atoms with Crippen molar-refractivity contribution in [3.63, 3.8) is 0 Å². The van der Waals surface area contributed by atoms with Gasteiger partial charge >= 0.3 is 5.97 Å². The molecule has 2 N–H and O–H groups in total. The molecule has 0 radical (unpaired) electrons. The molecule has 132 valence electrons. The van der Waals surface area contributed by atoms with E-state index in [2.05, 4.69) is 0 Å². The lowest BCUT2D eigenvalue weighted by molar-refractivity contribution is -0.136. The van der Waals surface area contributed by atoms with Gasteiger partial charge in [0.1, 0.15) is 0 Å². The zero-order valence-corrected chi connectivity index (χ0v) is 14.4.